The molecule has 0 bridgehead atoms. The molecule has 3 aromatic rings. The van der Waals surface area contributed by atoms with Crippen LogP contribution in [0.5, 0.6) is 0 Å². The molecule has 0 radical (unpaired) electrons. The van der Waals surface area contributed by atoms with E-state index in [4.69, 9.17) is 4.42 Å². The van der Waals surface area contributed by atoms with E-state index in [1.807, 2.05) is 17.9 Å². The molecule has 1 aliphatic rings. The molecule has 5 nitrogen and oxygen atoms in total. The van der Waals surface area contributed by atoms with E-state index in [0.717, 1.165) is 17.7 Å². The number of hydrogen-bond acceptors (Lipinski definition) is 5. The first-order valence-corrected chi connectivity index (χ1v) is 9.36. The number of likely N-dealkylation sites (tertiary alicyclic amines) is 1. The van der Waals surface area contributed by atoms with Gasteiger partial charge >= 0.3 is 0 Å². The number of carbonyl (C=O) groups is 1. The Kier molecular flexibility index (Phi) is 4.55. The number of aryl methyl sites for hydroxylation is 1. The van der Waals surface area contributed by atoms with E-state index in [1.54, 1.807) is 17.8 Å². The molecule has 26 heavy (non-hydrogen) atoms. The number of oxazole rings is 1. The summed E-state index contributed by atoms with van der Waals surface area (Å²) in [6, 6.07) is 6.46. The monoisotopic (exact) mass is 371 g/mol. The third kappa shape index (κ3) is 3.39. The summed E-state index contributed by atoms with van der Waals surface area (Å²) in [7, 11) is 0. The van der Waals surface area contributed by atoms with Crippen molar-refractivity contribution in [3.8, 4) is 0 Å². The van der Waals surface area contributed by atoms with E-state index >= 15 is 0 Å². The summed E-state index contributed by atoms with van der Waals surface area (Å²) in [5.41, 5.74) is 3.32. The Morgan fingerprint density at radius 2 is 2.31 bits per heavy atom. The van der Waals surface area contributed by atoms with Gasteiger partial charge < -0.3 is 9.32 Å². The summed E-state index contributed by atoms with van der Waals surface area (Å²) >= 11 is 1.38. The van der Waals surface area contributed by atoms with Crippen molar-refractivity contribution < 1.29 is 13.6 Å². The Labute approximate surface area is 154 Å². The van der Waals surface area contributed by atoms with Crippen molar-refractivity contribution >= 4 is 17.2 Å². The molecule has 2 aromatic heterocycles. The molecule has 1 fully saturated rings. The second-order valence-corrected chi connectivity index (χ2v) is 7.33. The van der Waals surface area contributed by atoms with Gasteiger partial charge in [0.2, 0.25) is 0 Å². The number of halogens is 1. The van der Waals surface area contributed by atoms with Crippen LogP contribution in [-0.2, 0) is 6.42 Å². The maximum Gasteiger partial charge on any atom is 0.265 e. The molecular weight excluding hydrogens is 353 g/mol. The van der Waals surface area contributed by atoms with Gasteiger partial charge in [0.15, 0.2) is 5.89 Å². The molecule has 7 heteroatoms. The molecule has 0 saturated carbocycles. The zero-order valence-corrected chi connectivity index (χ0v) is 15.1. The van der Waals surface area contributed by atoms with Crippen molar-refractivity contribution in [3.05, 3.63) is 69.6 Å². The second-order valence-electron chi connectivity index (χ2n) is 6.48. The minimum Gasteiger partial charge on any atom is -0.445 e. The predicted octanol–water partition coefficient (Wildman–Crippen LogP) is 3.80. The standard InChI is InChI=1S/C19H18FN3O2S/c1-12-17(26-11-22-12)19(24)23-6-5-14(10-23)18-21-9-16(25-18)8-13-3-2-4-15(20)7-13/h2-4,7,9,11,14H,5-6,8,10H2,1H3. The molecule has 3 heterocycles. The van der Waals surface area contributed by atoms with E-state index < -0.39 is 0 Å². The zero-order chi connectivity index (χ0) is 18.1. The summed E-state index contributed by atoms with van der Waals surface area (Å²) in [5, 5.41) is 0. The number of rotatable bonds is 4. The molecule has 134 valence electrons. The van der Waals surface area contributed by atoms with E-state index in [-0.39, 0.29) is 17.6 Å². The van der Waals surface area contributed by atoms with Gasteiger partial charge in [-0.25, -0.2) is 14.4 Å². The van der Waals surface area contributed by atoms with E-state index in [1.165, 1.54) is 23.5 Å². The van der Waals surface area contributed by atoms with Crippen LogP contribution in [0.2, 0.25) is 0 Å². The van der Waals surface area contributed by atoms with Gasteiger partial charge in [0, 0.05) is 19.5 Å². The molecule has 0 N–H and O–H groups in total. The highest BCUT2D eigenvalue weighted by Crippen LogP contribution is 2.29. The lowest BCUT2D eigenvalue weighted by Gasteiger charge is -2.14. The highest BCUT2D eigenvalue weighted by atomic mass is 32.1. The number of hydrogen-bond donors (Lipinski definition) is 0. The van der Waals surface area contributed by atoms with Gasteiger partial charge in [-0.2, -0.15) is 0 Å². The molecule has 4 rings (SSSR count). The number of thiazole rings is 1. The van der Waals surface area contributed by atoms with Gasteiger partial charge in [-0.05, 0) is 31.0 Å². The van der Waals surface area contributed by atoms with Crippen molar-refractivity contribution in [2.45, 2.75) is 25.7 Å². The fraction of sp³-hybridized carbons (Fsp3) is 0.316. The predicted molar refractivity (Wildman–Crippen MR) is 95.8 cm³/mol. The van der Waals surface area contributed by atoms with Crippen molar-refractivity contribution in [2.24, 2.45) is 0 Å². The van der Waals surface area contributed by atoms with Crippen LogP contribution in [0.25, 0.3) is 0 Å². The molecule has 1 unspecified atom stereocenters. The van der Waals surface area contributed by atoms with Crippen LogP contribution in [0.15, 0.2) is 40.4 Å². The average molecular weight is 371 g/mol. The molecule has 1 atom stereocenters. The number of benzene rings is 1. The van der Waals surface area contributed by atoms with Crippen molar-refractivity contribution in [1.29, 1.82) is 0 Å². The lowest BCUT2D eigenvalue weighted by atomic mass is 10.1. The zero-order valence-electron chi connectivity index (χ0n) is 14.3. The number of aromatic nitrogens is 2. The molecule has 1 amide bonds. The third-order valence-corrected chi connectivity index (χ3v) is 5.52. The largest absolute Gasteiger partial charge is 0.445 e. The Balaban J connectivity index is 1.42. The number of nitrogens with zero attached hydrogens (tertiary/aromatic N) is 3. The van der Waals surface area contributed by atoms with Crippen LogP contribution < -0.4 is 0 Å². The first-order valence-electron chi connectivity index (χ1n) is 8.48. The summed E-state index contributed by atoms with van der Waals surface area (Å²) in [6.45, 7) is 3.13. The van der Waals surface area contributed by atoms with Gasteiger partial charge in [0.1, 0.15) is 16.5 Å². The topological polar surface area (TPSA) is 59.2 Å². The fourth-order valence-corrected chi connectivity index (χ4v) is 4.01. The average Bonchev–Trinajstić information content (AvgIpc) is 3.34. The van der Waals surface area contributed by atoms with Crippen LogP contribution in [0.3, 0.4) is 0 Å². The highest BCUT2D eigenvalue weighted by molar-refractivity contribution is 7.11. The third-order valence-electron chi connectivity index (χ3n) is 4.60. The van der Waals surface area contributed by atoms with Gasteiger partial charge in [-0.1, -0.05) is 12.1 Å². The Morgan fingerprint density at radius 3 is 3.08 bits per heavy atom. The molecule has 1 aliphatic heterocycles. The van der Waals surface area contributed by atoms with Crippen LogP contribution in [0.4, 0.5) is 4.39 Å². The molecule has 1 saturated heterocycles. The Morgan fingerprint density at radius 1 is 1.42 bits per heavy atom. The first kappa shape index (κ1) is 16.9. The lowest BCUT2D eigenvalue weighted by molar-refractivity contribution is 0.0793. The van der Waals surface area contributed by atoms with E-state index in [0.29, 0.717) is 36.0 Å². The smallest absolute Gasteiger partial charge is 0.265 e. The van der Waals surface area contributed by atoms with Gasteiger partial charge in [0.05, 0.1) is 23.3 Å². The first-order chi connectivity index (χ1) is 12.6. The van der Waals surface area contributed by atoms with Gasteiger partial charge in [-0.3, -0.25) is 4.79 Å². The van der Waals surface area contributed by atoms with Crippen molar-refractivity contribution in [1.82, 2.24) is 14.9 Å². The summed E-state index contributed by atoms with van der Waals surface area (Å²) < 4.78 is 19.2. The van der Waals surface area contributed by atoms with Crippen LogP contribution in [0, 0.1) is 12.7 Å². The van der Waals surface area contributed by atoms with Crippen molar-refractivity contribution in [2.75, 3.05) is 13.1 Å². The minimum absolute atomic E-state index is 0.0269. The quantitative estimate of drug-likeness (QED) is 0.700. The lowest BCUT2D eigenvalue weighted by Crippen LogP contribution is -2.28. The molecule has 1 aromatic carbocycles. The van der Waals surface area contributed by atoms with Gasteiger partial charge in [-0.15, -0.1) is 11.3 Å². The summed E-state index contributed by atoms with van der Waals surface area (Å²) in [6.07, 6.45) is 3.02. The SMILES string of the molecule is Cc1ncsc1C(=O)N1CCC(c2ncc(Cc3cccc(F)c3)o2)C1. The van der Waals surface area contributed by atoms with Crippen LogP contribution >= 0.6 is 11.3 Å². The minimum atomic E-state index is -0.259. The Hall–Kier alpha value is -2.54. The highest BCUT2D eigenvalue weighted by Gasteiger charge is 2.32. The number of amides is 1. The molecule has 0 aliphatic carbocycles. The van der Waals surface area contributed by atoms with Gasteiger partial charge in [0.25, 0.3) is 5.91 Å². The fourth-order valence-electron chi connectivity index (χ4n) is 3.24. The van der Waals surface area contributed by atoms with Crippen molar-refractivity contribution in [3.63, 3.8) is 0 Å². The van der Waals surface area contributed by atoms with Crippen LogP contribution in [0.1, 0.15) is 44.9 Å². The Bertz CT molecular complexity index is 936. The van der Waals surface area contributed by atoms with E-state index in [2.05, 4.69) is 9.97 Å². The van der Waals surface area contributed by atoms with Crippen LogP contribution in [-0.4, -0.2) is 33.9 Å². The molecule has 0 spiro atoms. The summed E-state index contributed by atoms with van der Waals surface area (Å²) in [5.74, 6) is 1.21. The molecular formula is C19H18FN3O2S. The normalized spacial score (nSPS) is 17.0. The van der Waals surface area contributed by atoms with E-state index in [9.17, 15) is 9.18 Å². The maximum atomic E-state index is 13.3. The number of carbonyl (C=O) groups excluding carboxylic acids is 1. The summed E-state index contributed by atoms with van der Waals surface area (Å²) in [4.78, 5) is 23.7. The second kappa shape index (κ2) is 6.99. The maximum absolute atomic E-state index is 13.3.